The van der Waals surface area contributed by atoms with Gasteiger partial charge in [-0.2, -0.15) is 13.2 Å². The lowest BCUT2D eigenvalue weighted by Gasteiger charge is -2.26. The fraction of sp³-hybridized carbons (Fsp3) is 0.231. The summed E-state index contributed by atoms with van der Waals surface area (Å²) in [5.74, 6) is -1.45. The highest BCUT2D eigenvalue weighted by Crippen LogP contribution is 2.35. The van der Waals surface area contributed by atoms with Crippen LogP contribution < -0.4 is 4.90 Å². The Morgan fingerprint density at radius 3 is 2.50 bits per heavy atom. The van der Waals surface area contributed by atoms with Crippen LogP contribution in [0.2, 0.25) is 0 Å². The fourth-order valence-electron chi connectivity index (χ4n) is 4.46. The molecule has 0 fully saturated rings. The number of aromatic nitrogens is 4. The van der Waals surface area contributed by atoms with Gasteiger partial charge in [0.1, 0.15) is 24.1 Å². The van der Waals surface area contributed by atoms with Crippen molar-refractivity contribution in [2.24, 2.45) is 0 Å². The van der Waals surface area contributed by atoms with E-state index in [4.69, 9.17) is 0 Å². The Balaban J connectivity index is 1.44. The highest BCUT2D eigenvalue weighted by atomic mass is 19.4. The first-order valence-electron chi connectivity index (χ1n) is 11.3. The Hall–Kier alpha value is -4.08. The van der Waals surface area contributed by atoms with Crippen LogP contribution >= 0.6 is 0 Å². The van der Waals surface area contributed by atoms with Gasteiger partial charge in [-0.25, -0.2) is 9.07 Å². The zero-order valence-corrected chi connectivity index (χ0v) is 19.2. The van der Waals surface area contributed by atoms with E-state index in [1.807, 2.05) is 43.3 Å². The van der Waals surface area contributed by atoms with Crippen LogP contribution in [0, 0.1) is 12.7 Å². The average Bonchev–Trinajstić information content (AvgIpc) is 3.28. The monoisotopic (exact) mass is 495 g/mol. The Labute approximate surface area is 204 Å². The largest absolute Gasteiger partial charge is 0.406 e. The molecule has 0 bridgehead atoms. The lowest BCUT2D eigenvalue weighted by Crippen LogP contribution is -2.42. The number of benzene rings is 2. The summed E-state index contributed by atoms with van der Waals surface area (Å²) >= 11 is 0. The van der Waals surface area contributed by atoms with Crippen molar-refractivity contribution < 1.29 is 22.4 Å². The number of aryl methyl sites for hydroxylation is 1. The third-order valence-corrected chi connectivity index (χ3v) is 6.18. The SMILES string of the molecule is Cc1cc(-c2ccc(-c3cn(C4CCc5c(F)cccc5N(CC(F)(F)F)C4=O)nn3)cc2)ccn1. The molecule has 4 aromatic rings. The number of amides is 1. The third kappa shape index (κ3) is 4.71. The molecule has 10 heteroatoms. The number of carbonyl (C=O) groups is 1. The van der Waals surface area contributed by atoms with Gasteiger partial charge in [-0.3, -0.25) is 9.78 Å². The molecule has 0 radical (unpaired) electrons. The smallest absolute Gasteiger partial charge is 0.301 e. The fourth-order valence-corrected chi connectivity index (χ4v) is 4.46. The molecule has 0 spiro atoms. The normalized spacial score (nSPS) is 16.1. The summed E-state index contributed by atoms with van der Waals surface area (Å²) in [5.41, 5.74) is 4.11. The molecule has 6 nitrogen and oxygen atoms in total. The second kappa shape index (κ2) is 9.18. The van der Waals surface area contributed by atoms with E-state index in [1.165, 1.54) is 29.1 Å². The molecule has 0 saturated heterocycles. The van der Waals surface area contributed by atoms with Crippen molar-refractivity contribution in [1.29, 1.82) is 0 Å². The molecule has 1 amide bonds. The van der Waals surface area contributed by atoms with Gasteiger partial charge in [-0.1, -0.05) is 35.5 Å². The number of rotatable bonds is 4. The molecule has 36 heavy (non-hydrogen) atoms. The van der Waals surface area contributed by atoms with Crippen LogP contribution in [-0.4, -0.2) is 38.6 Å². The van der Waals surface area contributed by atoms with Crippen molar-refractivity contribution >= 4 is 11.6 Å². The van der Waals surface area contributed by atoms with E-state index >= 15 is 0 Å². The van der Waals surface area contributed by atoms with Gasteiger partial charge in [0.25, 0.3) is 5.91 Å². The molecule has 1 unspecified atom stereocenters. The van der Waals surface area contributed by atoms with Crippen LogP contribution in [0.5, 0.6) is 0 Å². The maximum absolute atomic E-state index is 14.5. The summed E-state index contributed by atoms with van der Waals surface area (Å²) in [6.07, 6.45) is -1.21. The number of hydrogen-bond acceptors (Lipinski definition) is 4. The van der Waals surface area contributed by atoms with E-state index in [0.717, 1.165) is 22.4 Å². The topological polar surface area (TPSA) is 63.9 Å². The third-order valence-electron chi connectivity index (χ3n) is 6.18. The molecule has 0 saturated carbocycles. The summed E-state index contributed by atoms with van der Waals surface area (Å²) in [7, 11) is 0. The van der Waals surface area contributed by atoms with E-state index in [2.05, 4.69) is 15.3 Å². The first kappa shape index (κ1) is 23.7. The van der Waals surface area contributed by atoms with Crippen molar-refractivity contribution in [3.63, 3.8) is 0 Å². The minimum absolute atomic E-state index is 0.0675. The first-order chi connectivity index (χ1) is 17.2. The predicted octanol–water partition coefficient (Wildman–Crippen LogP) is 5.54. The van der Waals surface area contributed by atoms with Crippen LogP contribution in [-0.2, 0) is 11.2 Å². The van der Waals surface area contributed by atoms with Gasteiger partial charge >= 0.3 is 6.18 Å². The lowest BCUT2D eigenvalue weighted by atomic mass is 10.0. The van der Waals surface area contributed by atoms with Gasteiger partial charge in [0.05, 0.1) is 11.9 Å². The molecule has 1 aliphatic heterocycles. The number of fused-ring (bicyclic) bond motifs is 1. The molecule has 2 aromatic heterocycles. The number of alkyl halides is 3. The molecular weight excluding hydrogens is 474 g/mol. The van der Waals surface area contributed by atoms with Crippen LogP contribution in [0.4, 0.5) is 23.2 Å². The van der Waals surface area contributed by atoms with Gasteiger partial charge in [0.2, 0.25) is 0 Å². The zero-order valence-electron chi connectivity index (χ0n) is 19.2. The van der Waals surface area contributed by atoms with Crippen LogP contribution in [0.25, 0.3) is 22.4 Å². The van der Waals surface area contributed by atoms with Crippen molar-refractivity contribution in [3.8, 4) is 22.4 Å². The maximum Gasteiger partial charge on any atom is 0.406 e. The van der Waals surface area contributed by atoms with Crippen LogP contribution in [0.1, 0.15) is 23.7 Å². The molecule has 0 aliphatic carbocycles. The number of hydrogen-bond donors (Lipinski definition) is 0. The van der Waals surface area contributed by atoms with Crippen LogP contribution in [0.15, 0.2) is 67.0 Å². The Morgan fingerprint density at radius 1 is 1.03 bits per heavy atom. The molecule has 0 N–H and O–H groups in total. The summed E-state index contributed by atoms with van der Waals surface area (Å²) in [4.78, 5) is 18.1. The molecule has 184 valence electrons. The van der Waals surface area contributed by atoms with E-state index in [1.54, 1.807) is 6.20 Å². The van der Waals surface area contributed by atoms with Crippen LogP contribution in [0.3, 0.4) is 0 Å². The number of nitrogens with zero attached hydrogens (tertiary/aromatic N) is 5. The van der Waals surface area contributed by atoms with E-state index < -0.39 is 30.5 Å². The molecule has 3 heterocycles. The molecular formula is C26H21F4N5O. The summed E-state index contributed by atoms with van der Waals surface area (Å²) in [5, 5.41) is 8.20. The maximum atomic E-state index is 14.5. The summed E-state index contributed by atoms with van der Waals surface area (Å²) in [6, 6.07) is 14.2. The van der Waals surface area contributed by atoms with Gasteiger partial charge in [-0.15, -0.1) is 5.10 Å². The molecule has 1 atom stereocenters. The first-order valence-corrected chi connectivity index (χ1v) is 11.3. The number of carbonyl (C=O) groups excluding carboxylic acids is 1. The van der Waals surface area contributed by atoms with Gasteiger partial charge in [0.15, 0.2) is 0 Å². The van der Waals surface area contributed by atoms with Gasteiger partial charge in [0, 0.05) is 23.0 Å². The van der Waals surface area contributed by atoms with Crippen molar-refractivity contribution in [3.05, 3.63) is 84.1 Å². The second-order valence-corrected chi connectivity index (χ2v) is 8.68. The Morgan fingerprint density at radius 2 is 1.78 bits per heavy atom. The zero-order chi connectivity index (χ0) is 25.4. The van der Waals surface area contributed by atoms with E-state index in [9.17, 15) is 22.4 Å². The highest BCUT2D eigenvalue weighted by molar-refractivity contribution is 5.97. The minimum Gasteiger partial charge on any atom is -0.301 e. The molecule has 1 aliphatic rings. The minimum atomic E-state index is -4.66. The van der Waals surface area contributed by atoms with Gasteiger partial charge in [-0.05, 0) is 55.2 Å². The molecule has 5 rings (SSSR count). The number of halogens is 4. The second-order valence-electron chi connectivity index (χ2n) is 8.68. The standard InChI is InChI=1S/C26H21F4N5O/c1-16-13-19(11-12-31-16)17-5-7-18(8-6-17)22-14-35(33-32-22)24-10-9-20-21(27)3-2-4-23(20)34(25(24)36)15-26(28,29)30/h2-8,11-14,24H,9-10,15H2,1H3. The lowest BCUT2D eigenvalue weighted by molar-refractivity contribution is -0.134. The highest BCUT2D eigenvalue weighted by Gasteiger charge is 2.40. The Bertz CT molecular complexity index is 1410. The van der Waals surface area contributed by atoms with Crippen molar-refractivity contribution in [2.45, 2.75) is 32.0 Å². The number of pyridine rings is 1. The average molecular weight is 495 g/mol. The molecule has 2 aromatic carbocycles. The van der Waals surface area contributed by atoms with E-state index in [-0.39, 0.29) is 24.1 Å². The van der Waals surface area contributed by atoms with E-state index in [0.29, 0.717) is 10.6 Å². The number of anilines is 1. The summed E-state index contributed by atoms with van der Waals surface area (Å²) < 4.78 is 55.8. The Kier molecular flexibility index (Phi) is 6.03. The quantitative estimate of drug-likeness (QED) is 0.349. The van der Waals surface area contributed by atoms with Gasteiger partial charge < -0.3 is 4.90 Å². The summed E-state index contributed by atoms with van der Waals surface area (Å²) in [6.45, 7) is 0.393. The van der Waals surface area contributed by atoms with Crippen molar-refractivity contribution in [1.82, 2.24) is 20.0 Å². The van der Waals surface area contributed by atoms with Crippen molar-refractivity contribution in [2.75, 3.05) is 11.4 Å². The predicted molar refractivity (Wildman–Crippen MR) is 126 cm³/mol.